The summed E-state index contributed by atoms with van der Waals surface area (Å²) in [6, 6.07) is 13.6. The summed E-state index contributed by atoms with van der Waals surface area (Å²) in [5.41, 5.74) is 1.03. The third-order valence-corrected chi connectivity index (χ3v) is 4.95. The quantitative estimate of drug-likeness (QED) is 0.517. The molecule has 1 fully saturated rings. The van der Waals surface area contributed by atoms with Crippen LogP contribution in [0.2, 0.25) is 0 Å². The summed E-state index contributed by atoms with van der Waals surface area (Å²) >= 11 is 6.44. The summed E-state index contributed by atoms with van der Waals surface area (Å²) < 4.78 is 20.0. The summed E-state index contributed by atoms with van der Waals surface area (Å²) in [5.74, 6) is 0.450. The maximum atomic E-state index is 14.0. The SMILES string of the molecule is CC(C)COc1ccc(/C=C2/SC(=S)N(c3ccccc3F)C2=O)cc1. The number of halogens is 1. The first-order valence-corrected chi connectivity index (χ1v) is 9.43. The van der Waals surface area contributed by atoms with Gasteiger partial charge >= 0.3 is 0 Å². The predicted molar refractivity (Wildman–Crippen MR) is 109 cm³/mol. The van der Waals surface area contributed by atoms with E-state index in [1.165, 1.54) is 22.7 Å². The molecule has 1 aliphatic rings. The van der Waals surface area contributed by atoms with E-state index in [9.17, 15) is 9.18 Å². The first-order valence-electron chi connectivity index (χ1n) is 8.21. The molecule has 0 atom stereocenters. The van der Waals surface area contributed by atoms with Crippen LogP contribution in [-0.2, 0) is 4.79 Å². The van der Waals surface area contributed by atoms with Crippen LogP contribution in [0.1, 0.15) is 19.4 Å². The van der Waals surface area contributed by atoms with Crippen LogP contribution in [0, 0.1) is 11.7 Å². The van der Waals surface area contributed by atoms with Gasteiger partial charge in [0.2, 0.25) is 0 Å². The Kier molecular flexibility index (Phi) is 5.74. The number of amides is 1. The van der Waals surface area contributed by atoms with Gasteiger partial charge in [-0.1, -0.05) is 62.1 Å². The first-order chi connectivity index (χ1) is 12.5. The molecule has 0 unspecified atom stereocenters. The summed E-state index contributed by atoms with van der Waals surface area (Å²) in [7, 11) is 0. The van der Waals surface area contributed by atoms with Gasteiger partial charge in [-0.15, -0.1) is 0 Å². The van der Waals surface area contributed by atoms with E-state index in [1.54, 1.807) is 24.3 Å². The maximum Gasteiger partial charge on any atom is 0.270 e. The number of nitrogens with zero attached hydrogens (tertiary/aromatic N) is 1. The number of ether oxygens (including phenoxy) is 1. The van der Waals surface area contributed by atoms with Crippen LogP contribution in [-0.4, -0.2) is 16.8 Å². The Bertz CT molecular complexity index is 862. The van der Waals surface area contributed by atoms with Crippen molar-refractivity contribution in [1.29, 1.82) is 0 Å². The Morgan fingerprint density at radius 1 is 1.19 bits per heavy atom. The molecule has 0 bridgehead atoms. The van der Waals surface area contributed by atoms with Crippen LogP contribution in [0.4, 0.5) is 10.1 Å². The number of anilines is 1. The minimum atomic E-state index is -0.475. The lowest BCUT2D eigenvalue weighted by molar-refractivity contribution is -0.113. The van der Waals surface area contributed by atoms with Crippen LogP contribution in [0.5, 0.6) is 5.75 Å². The Labute approximate surface area is 161 Å². The fourth-order valence-electron chi connectivity index (χ4n) is 2.38. The second kappa shape index (κ2) is 8.01. The van der Waals surface area contributed by atoms with Crippen LogP contribution in [0.3, 0.4) is 0 Å². The molecule has 3 nitrogen and oxygen atoms in total. The molecule has 0 aliphatic carbocycles. The number of thioether (sulfide) groups is 1. The second-order valence-corrected chi connectivity index (χ2v) is 7.92. The molecule has 6 heteroatoms. The fraction of sp³-hybridized carbons (Fsp3) is 0.200. The van der Waals surface area contributed by atoms with Crippen molar-refractivity contribution in [2.45, 2.75) is 13.8 Å². The summed E-state index contributed by atoms with van der Waals surface area (Å²) in [6.45, 7) is 4.83. The molecule has 1 amide bonds. The summed E-state index contributed by atoms with van der Waals surface area (Å²) in [4.78, 5) is 14.4. The molecule has 2 aromatic rings. The largest absolute Gasteiger partial charge is 0.493 e. The second-order valence-electron chi connectivity index (χ2n) is 6.24. The number of carbonyl (C=O) groups is 1. The van der Waals surface area contributed by atoms with Gasteiger partial charge in [-0.25, -0.2) is 4.39 Å². The van der Waals surface area contributed by atoms with Crippen molar-refractivity contribution in [3.63, 3.8) is 0 Å². The number of hydrogen-bond donors (Lipinski definition) is 0. The third-order valence-electron chi connectivity index (χ3n) is 3.65. The topological polar surface area (TPSA) is 29.5 Å². The Morgan fingerprint density at radius 3 is 2.54 bits per heavy atom. The van der Waals surface area contributed by atoms with E-state index in [1.807, 2.05) is 24.3 Å². The van der Waals surface area contributed by atoms with Gasteiger partial charge in [0.1, 0.15) is 11.6 Å². The van der Waals surface area contributed by atoms with Gasteiger partial charge < -0.3 is 4.74 Å². The van der Waals surface area contributed by atoms with Crippen molar-refractivity contribution in [3.05, 3.63) is 64.8 Å². The molecule has 1 aliphatic heterocycles. The van der Waals surface area contributed by atoms with E-state index < -0.39 is 5.82 Å². The summed E-state index contributed by atoms with van der Waals surface area (Å²) in [6.07, 6.45) is 1.76. The van der Waals surface area contributed by atoms with Crippen molar-refractivity contribution >= 4 is 46.0 Å². The van der Waals surface area contributed by atoms with Gasteiger partial charge in [-0.2, -0.15) is 0 Å². The number of hydrogen-bond acceptors (Lipinski definition) is 4. The van der Waals surface area contributed by atoms with E-state index in [-0.39, 0.29) is 11.6 Å². The van der Waals surface area contributed by atoms with Crippen molar-refractivity contribution in [2.75, 3.05) is 11.5 Å². The van der Waals surface area contributed by atoms with E-state index in [0.29, 0.717) is 21.8 Å². The van der Waals surface area contributed by atoms with Crippen LogP contribution in [0.15, 0.2) is 53.4 Å². The van der Waals surface area contributed by atoms with Gasteiger partial charge in [-0.05, 0) is 41.8 Å². The highest BCUT2D eigenvalue weighted by Gasteiger charge is 2.34. The number of benzene rings is 2. The Morgan fingerprint density at radius 2 is 1.88 bits per heavy atom. The number of carbonyl (C=O) groups excluding carboxylic acids is 1. The average molecular weight is 388 g/mol. The van der Waals surface area contributed by atoms with Gasteiger partial charge in [0, 0.05) is 0 Å². The molecule has 1 heterocycles. The van der Waals surface area contributed by atoms with E-state index in [2.05, 4.69) is 13.8 Å². The number of para-hydroxylation sites is 1. The molecule has 0 radical (unpaired) electrons. The fourth-order valence-corrected chi connectivity index (χ4v) is 3.67. The normalized spacial score (nSPS) is 16.0. The van der Waals surface area contributed by atoms with Crippen molar-refractivity contribution < 1.29 is 13.9 Å². The highest BCUT2D eigenvalue weighted by atomic mass is 32.2. The molecule has 0 saturated carbocycles. The van der Waals surface area contributed by atoms with E-state index >= 15 is 0 Å². The monoisotopic (exact) mass is 387 g/mol. The van der Waals surface area contributed by atoms with E-state index in [4.69, 9.17) is 17.0 Å². The van der Waals surface area contributed by atoms with E-state index in [0.717, 1.165) is 11.3 Å². The lowest BCUT2D eigenvalue weighted by atomic mass is 10.2. The zero-order valence-corrected chi connectivity index (χ0v) is 16.1. The van der Waals surface area contributed by atoms with Crippen LogP contribution in [0.25, 0.3) is 6.08 Å². The molecule has 26 heavy (non-hydrogen) atoms. The molecular weight excluding hydrogens is 369 g/mol. The van der Waals surface area contributed by atoms with Gasteiger partial charge in [-0.3, -0.25) is 9.69 Å². The molecular formula is C20H18FNO2S2. The lowest BCUT2D eigenvalue weighted by Gasteiger charge is -2.14. The zero-order valence-electron chi connectivity index (χ0n) is 14.4. The third kappa shape index (κ3) is 4.14. The molecule has 134 valence electrons. The highest BCUT2D eigenvalue weighted by Crippen LogP contribution is 2.37. The van der Waals surface area contributed by atoms with Crippen molar-refractivity contribution in [1.82, 2.24) is 0 Å². The first kappa shape index (κ1) is 18.6. The lowest BCUT2D eigenvalue weighted by Crippen LogP contribution is -2.28. The van der Waals surface area contributed by atoms with Crippen LogP contribution < -0.4 is 9.64 Å². The van der Waals surface area contributed by atoms with Crippen LogP contribution >= 0.6 is 24.0 Å². The Balaban J connectivity index is 1.79. The Hall–Kier alpha value is -2.18. The molecule has 0 spiro atoms. The summed E-state index contributed by atoms with van der Waals surface area (Å²) in [5, 5.41) is 0. The highest BCUT2D eigenvalue weighted by molar-refractivity contribution is 8.27. The van der Waals surface area contributed by atoms with Gasteiger partial charge in [0.15, 0.2) is 4.32 Å². The molecule has 3 rings (SSSR count). The standard InChI is InChI=1S/C20H18FNO2S2/c1-13(2)12-24-15-9-7-14(8-10-15)11-18-19(23)22(20(25)26-18)17-6-4-3-5-16(17)21/h3-11,13H,12H2,1-2H3/b18-11+. The smallest absolute Gasteiger partial charge is 0.270 e. The van der Waals surface area contributed by atoms with Crippen molar-refractivity contribution in [3.8, 4) is 5.75 Å². The zero-order chi connectivity index (χ0) is 18.7. The molecule has 0 aromatic heterocycles. The minimum absolute atomic E-state index is 0.177. The van der Waals surface area contributed by atoms with Gasteiger partial charge in [0.05, 0.1) is 17.2 Å². The molecule has 0 N–H and O–H groups in total. The number of rotatable bonds is 5. The predicted octanol–water partition coefficient (Wildman–Crippen LogP) is 5.27. The molecule has 2 aromatic carbocycles. The average Bonchev–Trinajstić information content (AvgIpc) is 2.88. The van der Waals surface area contributed by atoms with Crippen molar-refractivity contribution in [2.24, 2.45) is 5.92 Å². The molecule has 1 saturated heterocycles. The number of thiocarbonyl (C=S) groups is 1. The minimum Gasteiger partial charge on any atom is -0.493 e. The van der Waals surface area contributed by atoms with Gasteiger partial charge in [0.25, 0.3) is 5.91 Å². The maximum absolute atomic E-state index is 14.0.